The van der Waals surface area contributed by atoms with E-state index < -0.39 is 12.6 Å². The Kier molecular flexibility index (Phi) is 2.40. The van der Waals surface area contributed by atoms with Crippen molar-refractivity contribution in [1.29, 1.82) is 0 Å². The van der Waals surface area contributed by atoms with E-state index in [-0.39, 0.29) is 11.5 Å². The summed E-state index contributed by atoms with van der Waals surface area (Å²) in [6.07, 6.45) is -5.31. The number of alkyl halides is 3. The molecule has 5 heteroatoms. The van der Waals surface area contributed by atoms with Crippen LogP contribution in [-0.2, 0) is 6.42 Å². The zero-order valence-corrected chi connectivity index (χ0v) is 8.85. The highest BCUT2D eigenvalue weighted by molar-refractivity contribution is 5.78. The van der Waals surface area contributed by atoms with Gasteiger partial charge >= 0.3 is 6.18 Å². The molecule has 0 unspecified atom stereocenters. The maximum absolute atomic E-state index is 12.2. The van der Waals surface area contributed by atoms with Crippen LogP contribution in [0.4, 0.5) is 13.2 Å². The number of fused-ring (bicyclic) bond motifs is 1. The fraction of sp³-hybridized carbons (Fsp3) is 0.364. The van der Waals surface area contributed by atoms with Gasteiger partial charge in [-0.2, -0.15) is 13.2 Å². The van der Waals surface area contributed by atoms with Crippen LogP contribution in [0.1, 0.15) is 17.0 Å². The molecule has 86 valence electrons. The molecule has 0 aliphatic heterocycles. The average molecular weight is 229 g/mol. The summed E-state index contributed by atoms with van der Waals surface area (Å²) in [6.45, 7) is 3.60. The van der Waals surface area contributed by atoms with E-state index in [4.69, 9.17) is 4.42 Å². The van der Waals surface area contributed by atoms with E-state index in [0.29, 0.717) is 5.39 Å². The monoisotopic (exact) mass is 229 g/mol. The minimum Gasteiger partial charge on any atom is -0.442 e. The average Bonchev–Trinajstić information content (AvgIpc) is 2.43. The van der Waals surface area contributed by atoms with Crippen LogP contribution in [-0.4, -0.2) is 11.2 Å². The molecular weight excluding hydrogens is 219 g/mol. The highest BCUT2D eigenvalue weighted by Gasteiger charge is 2.29. The Hall–Kier alpha value is -1.52. The third-order valence-corrected chi connectivity index (χ3v) is 2.27. The summed E-state index contributed by atoms with van der Waals surface area (Å²) >= 11 is 0. The summed E-state index contributed by atoms with van der Waals surface area (Å²) in [5, 5.41) is 0.643. The van der Waals surface area contributed by atoms with Crippen molar-refractivity contribution >= 4 is 11.1 Å². The van der Waals surface area contributed by atoms with Crippen LogP contribution in [0.5, 0.6) is 0 Å². The molecule has 0 aliphatic rings. The molecule has 0 aliphatic carbocycles. The van der Waals surface area contributed by atoms with Crippen LogP contribution in [0.15, 0.2) is 16.5 Å². The van der Waals surface area contributed by atoms with Crippen LogP contribution >= 0.6 is 0 Å². The molecule has 0 saturated heterocycles. The molecule has 2 rings (SSSR count). The van der Waals surface area contributed by atoms with Gasteiger partial charge in [-0.05, 0) is 31.5 Å². The lowest BCUT2D eigenvalue weighted by atomic mass is 10.1. The molecule has 2 aromatic rings. The van der Waals surface area contributed by atoms with Crippen molar-refractivity contribution in [3.63, 3.8) is 0 Å². The fourth-order valence-electron chi connectivity index (χ4n) is 1.67. The number of furan rings is 1. The van der Waals surface area contributed by atoms with Crippen LogP contribution in [0.25, 0.3) is 11.1 Å². The van der Waals surface area contributed by atoms with Crippen LogP contribution in [0.3, 0.4) is 0 Å². The van der Waals surface area contributed by atoms with E-state index in [9.17, 15) is 13.2 Å². The van der Waals surface area contributed by atoms with Gasteiger partial charge in [0.2, 0.25) is 5.71 Å². The summed E-state index contributed by atoms with van der Waals surface area (Å²) in [5.41, 5.74) is 1.88. The van der Waals surface area contributed by atoms with E-state index in [2.05, 4.69) is 4.98 Å². The number of pyridine rings is 1. The Morgan fingerprint density at radius 3 is 2.56 bits per heavy atom. The number of aryl methyl sites for hydroxylation is 2. The molecule has 0 saturated carbocycles. The number of rotatable bonds is 1. The molecule has 2 heterocycles. The molecule has 0 radical (unpaired) electrons. The third-order valence-electron chi connectivity index (χ3n) is 2.27. The molecule has 0 atom stereocenters. The number of hydrogen-bond acceptors (Lipinski definition) is 2. The predicted octanol–water partition coefficient (Wildman–Crippen LogP) is 3.55. The lowest BCUT2D eigenvalue weighted by Gasteiger charge is -2.01. The summed E-state index contributed by atoms with van der Waals surface area (Å²) < 4.78 is 41.6. The zero-order chi connectivity index (χ0) is 11.9. The van der Waals surface area contributed by atoms with Gasteiger partial charge in [0.25, 0.3) is 0 Å². The summed E-state index contributed by atoms with van der Waals surface area (Å²) in [5.74, 6) is -0.0938. The van der Waals surface area contributed by atoms with Crippen molar-refractivity contribution in [3.05, 3.63) is 29.2 Å². The summed E-state index contributed by atoms with van der Waals surface area (Å²) in [6, 6.07) is 3.22. The highest BCUT2D eigenvalue weighted by atomic mass is 19.4. The van der Waals surface area contributed by atoms with Gasteiger partial charge in [0, 0.05) is 11.1 Å². The van der Waals surface area contributed by atoms with Crippen molar-refractivity contribution in [2.24, 2.45) is 0 Å². The summed E-state index contributed by atoms with van der Waals surface area (Å²) in [7, 11) is 0. The molecule has 0 spiro atoms. The van der Waals surface area contributed by atoms with E-state index in [1.54, 1.807) is 6.92 Å². The number of nitrogens with zero attached hydrogens (tertiary/aromatic N) is 1. The van der Waals surface area contributed by atoms with Gasteiger partial charge < -0.3 is 4.42 Å². The maximum atomic E-state index is 12.2. The van der Waals surface area contributed by atoms with Gasteiger partial charge in [-0.15, -0.1) is 0 Å². The van der Waals surface area contributed by atoms with Crippen LogP contribution < -0.4 is 0 Å². The lowest BCUT2D eigenvalue weighted by molar-refractivity contribution is -0.129. The quantitative estimate of drug-likeness (QED) is 0.747. The Bertz CT molecular complexity index is 528. The molecule has 0 bridgehead atoms. The van der Waals surface area contributed by atoms with E-state index in [1.807, 2.05) is 13.0 Å². The first-order chi connectivity index (χ1) is 7.35. The van der Waals surface area contributed by atoms with Crippen molar-refractivity contribution in [1.82, 2.24) is 4.98 Å². The topological polar surface area (TPSA) is 26.0 Å². The van der Waals surface area contributed by atoms with E-state index in [1.165, 1.54) is 6.07 Å². The Morgan fingerprint density at radius 1 is 1.25 bits per heavy atom. The fourth-order valence-corrected chi connectivity index (χ4v) is 1.67. The lowest BCUT2D eigenvalue weighted by Crippen LogP contribution is -2.10. The second-order valence-electron chi connectivity index (χ2n) is 3.80. The molecule has 2 aromatic heterocycles. The first-order valence-corrected chi connectivity index (χ1v) is 4.78. The smallest absolute Gasteiger partial charge is 0.396 e. The van der Waals surface area contributed by atoms with Crippen molar-refractivity contribution in [2.45, 2.75) is 26.4 Å². The Labute approximate surface area is 90.1 Å². The van der Waals surface area contributed by atoms with Crippen LogP contribution in [0.2, 0.25) is 0 Å². The Balaban J connectivity index is 2.48. The van der Waals surface area contributed by atoms with Crippen molar-refractivity contribution in [3.8, 4) is 0 Å². The highest BCUT2D eigenvalue weighted by Crippen LogP contribution is 2.27. The third kappa shape index (κ3) is 2.18. The molecule has 0 fully saturated rings. The summed E-state index contributed by atoms with van der Waals surface area (Å²) in [4.78, 5) is 4.05. The first kappa shape index (κ1) is 11.0. The largest absolute Gasteiger partial charge is 0.442 e. The molecule has 0 amide bonds. The van der Waals surface area contributed by atoms with Crippen molar-refractivity contribution < 1.29 is 17.6 Å². The minimum atomic E-state index is -4.25. The zero-order valence-electron chi connectivity index (χ0n) is 8.85. The molecule has 16 heavy (non-hydrogen) atoms. The normalized spacial score (nSPS) is 12.3. The molecule has 0 aromatic carbocycles. The molecule has 0 N–H and O–H groups in total. The predicted molar refractivity (Wildman–Crippen MR) is 53.2 cm³/mol. The number of hydrogen-bond donors (Lipinski definition) is 0. The minimum absolute atomic E-state index is 0.0938. The molecule has 2 nitrogen and oxygen atoms in total. The number of halogens is 3. The Morgan fingerprint density at radius 2 is 1.94 bits per heavy atom. The van der Waals surface area contributed by atoms with E-state index in [0.717, 1.165) is 11.3 Å². The molecular formula is C11H10F3NO. The van der Waals surface area contributed by atoms with Crippen LogP contribution in [0, 0.1) is 13.8 Å². The van der Waals surface area contributed by atoms with E-state index >= 15 is 0 Å². The second-order valence-corrected chi connectivity index (χ2v) is 3.80. The second kappa shape index (κ2) is 3.50. The first-order valence-electron chi connectivity index (χ1n) is 4.78. The van der Waals surface area contributed by atoms with Gasteiger partial charge in [0.05, 0.1) is 0 Å². The van der Waals surface area contributed by atoms with Crippen molar-refractivity contribution in [2.75, 3.05) is 0 Å². The van der Waals surface area contributed by atoms with Gasteiger partial charge in [-0.1, -0.05) is 0 Å². The van der Waals surface area contributed by atoms with Gasteiger partial charge in [0.1, 0.15) is 12.2 Å². The standard InChI is InChI=1S/C11H10F3NO/c1-6-3-7(2)15-10-9(6)4-8(16-10)5-11(12,13)14/h3-4H,5H2,1-2H3. The van der Waals surface area contributed by atoms with Gasteiger partial charge in [-0.3, -0.25) is 0 Å². The van der Waals surface area contributed by atoms with Gasteiger partial charge in [0.15, 0.2) is 0 Å². The van der Waals surface area contributed by atoms with Gasteiger partial charge in [-0.25, -0.2) is 4.98 Å². The maximum Gasteiger partial charge on any atom is 0.396 e. The SMILES string of the molecule is Cc1cc(C)c2cc(CC(F)(F)F)oc2n1. The number of aromatic nitrogens is 1.